The topological polar surface area (TPSA) is 75.4 Å². The van der Waals surface area contributed by atoms with Gasteiger partial charge in [-0.3, -0.25) is 10.1 Å². The molecule has 0 heterocycles. The maximum absolute atomic E-state index is 10.8. The molecule has 6 heteroatoms. The van der Waals surface area contributed by atoms with E-state index in [2.05, 4.69) is 21.2 Å². The smallest absolute Gasteiger partial charge is 0.273 e. The first-order chi connectivity index (χ1) is 8.06. The highest BCUT2D eigenvalue weighted by atomic mass is 79.9. The Bertz CT molecular complexity index is 433. The summed E-state index contributed by atoms with van der Waals surface area (Å²) >= 11 is 3.30. The van der Waals surface area contributed by atoms with Crippen molar-refractivity contribution >= 4 is 21.6 Å². The first kappa shape index (κ1) is 12.5. The lowest BCUT2D eigenvalue weighted by Gasteiger charge is -2.32. The fraction of sp³-hybridized carbons (Fsp3) is 0.455. The van der Waals surface area contributed by atoms with Gasteiger partial charge < -0.3 is 10.4 Å². The van der Waals surface area contributed by atoms with Crippen LogP contribution >= 0.6 is 15.9 Å². The molecule has 5 nitrogen and oxygen atoms in total. The number of nitro groups is 1. The molecule has 1 aromatic carbocycles. The second kappa shape index (κ2) is 5.12. The standard InChI is InChI=1S/C11H13BrN2O3/c12-8-1-2-11(14(16)17)7(3-8)6-13-9-4-10(15)5-9/h1-3,9-10,13,15H,4-6H2. The van der Waals surface area contributed by atoms with E-state index in [0.717, 1.165) is 17.3 Å². The number of nitro benzene ring substituents is 1. The maximum Gasteiger partial charge on any atom is 0.273 e. The monoisotopic (exact) mass is 300 g/mol. The Hall–Kier alpha value is -0.980. The predicted octanol–water partition coefficient (Wildman–Crippen LogP) is 1.97. The molecule has 1 fully saturated rings. The lowest BCUT2D eigenvalue weighted by Crippen LogP contribution is -2.43. The molecule has 0 bridgehead atoms. The predicted molar refractivity (Wildman–Crippen MR) is 66.7 cm³/mol. The summed E-state index contributed by atoms with van der Waals surface area (Å²) in [5, 5.41) is 23.2. The molecule has 92 valence electrons. The number of nitrogens with one attached hydrogen (secondary N) is 1. The van der Waals surface area contributed by atoms with Gasteiger partial charge in [-0.1, -0.05) is 15.9 Å². The molecule has 0 aromatic heterocycles. The van der Waals surface area contributed by atoms with Crippen LogP contribution in [0.4, 0.5) is 5.69 Å². The average molecular weight is 301 g/mol. The molecule has 2 N–H and O–H groups in total. The van der Waals surface area contributed by atoms with Crippen LogP contribution < -0.4 is 5.32 Å². The lowest BCUT2D eigenvalue weighted by molar-refractivity contribution is -0.385. The molecule has 0 amide bonds. The highest BCUT2D eigenvalue weighted by molar-refractivity contribution is 9.10. The molecular formula is C11H13BrN2O3. The zero-order chi connectivity index (χ0) is 12.4. The van der Waals surface area contributed by atoms with Crippen LogP contribution in [0.25, 0.3) is 0 Å². The van der Waals surface area contributed by atoms with E-state index < -0.39 is 0 Å². The minimum atomic E-state index is -0.376. The molecule has 0 spiro atoms. The van der Waals surface area contributed by atoms with Crippen LogP contribution in [0.5, 0.6) is 0 Å². The van der Waals surface area contributed by atoms with Crippen molar-refractivity contribution < 1.29 is 10.0 Å². The number of rotatable bonds is 4. The van der Waals surface area contributed by atoms with E-state index in [1.165, 1.54) is 6.07 Å². The Balaban J connectivity index is 2.03. The van der Waals surface area contributed by atoms with Crippen molar-refractivity contribution in [3.8, 4) is 0 Å². The average Bonchev–Trinajstić information content (AvgIpc) is 2.22. The van der Waals surface area contributed by atoms with Gasteiger partial charge in [-0.05, 0) is 25.0 Å². The van der Waals surface area contributed by atoms with Gasteiger partial charge in [-0.15, -0.1) is 0 Å². The number of hydrogen-bond donors (Lipinski definition) is 2. The first-order valence-electron chi connectivity index (χ1n) is 5.40. The van der Waals surface area contributed by atoms with Gasteiger partial charge in [0, 0.05) is 28.7 Å². The van der Waals surface area contributed by atoms with Crippen molar-refractivity contribution in [2.45, 2.75) is 31.5 Å². The SMILES string of the molecule is O=[N+]([O-])c1ccc(Br)cc1CNC1CC(O)C1. The van der Waals surface area contributed by atoms with Gasteiger partial charge in [0.2, 0.25) is 0 Å². The molecule has 0 aliphatic heterocycles. The molecule has 1 aliphatic rings. The quantitative estimate of drug-likeness (QED) is 0.658. The summed E-state index contributed by atoms with van der Waals surface area (Å²) in [5.74, 6) is 0. The Kier molecular flexibility index (Phi) is 3.76. The fourth-order valence-corrected chi connectivity index (χ4v) is 2.29. The van der Waals surface area contributed by atoms with Gasteiger partial charge in [0.1, 0.15) is 0 Å². The molecule has 17 heavy (non-hydrogen) atoms. The summed E-state index contributed by atoms with van der Waals surface area (Å²) in [4.78, 5) is 10.5. The van der Waals surface area contributed by atoms with E-state index in [1.54, 1.807) is 12.1 Å². The van der Waals surface area contributed by atoms with Crippen LogP contribution in [-0.4, -0.2) is 22.2 Å². The number of halogens is 1. The number of nitrogens with zero attached hydrogens (tertiary/aromatic N) is 1. The number of benzene rings is 1. The highest BCUT2D eigenvalue weighted by Gasteiger charge is 2.27. The van der Waals surface area contributed by atoms with Crippen molar-refractivity contribution in [3.63, 3.8) is 0 Å². The third kappa shape index (κ3) is 3.02. The van der Waals surface area contributed by atoms with Crippen molar-refractivity contribution in [2.75, 3.05) is 0 Å². The Labute approximate surface area is 107 Å². The minimum Gasteiger partial charge on any atom is -0.393 e. The number of aliphatic hydroxyl groups is 1. The third-order valence-electron chi connectivity index (χ3n) is 2.93. The van der Waals surface area contributed by atoms with Crippen LogP contribution in [0.2, 0.25) is 0 Å². The van der Waals surface area contributed by atoms with Gasteiger partial charge >= 0.3 is 0 Å². The minimum absolute atomic E-state index is 0.126. The summed E-state index contributed by atoms with van der Waals surface area (Å²) in [6.07, 6.45) is 1.23. The Morgan fingerprint density at radius 1 is 1.53 bits per heavy atom. The Morgan fingerprint density at radius 2 is 2.24 bits per heavy atom. The summed E-state index contributed by atoms with van der Waals surface area (Å²) in [5.41, 5.74) is 0.784. The number of hydrogen-bond acceptors (Lipinski definition) is 4. The molecule has 0 atom stereocenters. The van der Waals surface area contributed by atoms with Crippen molar-refractivity contribution in [3.05, 3.63) is 38.3 Å². The summed E-state index contributed by atoms with van der Waals surface area (Å²) in [6.45, 7) is 0.452. The second-order valence-electron chi connectivity index (χ2n) is 4.23. The van der Waals surface area contributed by atoms with Gasteiger partial charge in [0.25, 0.3) is 5.69 Å². The van der Waals surface area contributed by atoms with Crippen LogP contribution in [-0.2, 0) is 6.54 Å². The highest BCUT2D eigenvalue weighted by Crippen LogP contribution is 2.25. The van der Waals surface area contributed by atoms with Crippen molar-refractivity contribution in [1.82, 2.24) is 5.32 Å². The molecule has 0 unspecified atom stereocenters. The third-order valence-corrected chi connectivity index (χ3v) is 3.43. The zero-order valence-electron chi connectivity index (χ0n) is 9.10. The van der Waals surface area contributed by atoms with Gasteiger partial charge in [-0.2, -0.15) is 0 Å². The molecule has 1 aromatic rings. The molecular weight excluding hydrogens is 288 g/mol. The van der Waals surface area contributed by atoms with E-state index >= 15 is 0 Å². The van der Waals surface area contributed by atoms with E-state index in [1.807, 2.05) is 0 Å². The fourth-order valence-electron chi connectivity index (χ4n) is 1.88. The maximum atomic E-state index is 10.8. The van der Waals surface area contributed by atoms with Crippen molar-refractivity contribution in [2.24, 2.45) is 0 Å². The van der Waals surface area contributed by atoms with Gasteiger partial charge in [0.15, 0.2) is 0 Å². The van der Waals surface area contributed by atoms with Gasteiger partial charge in [-0.25, -0.2) is 0 Å². The largest absolute Gasteiger partial charge is 0.393 e. The van der Waals surface area contributed by atoms with Crippen LogP contribution in [0.3, 0.4) is 0 Å². The number of aliphatic hydroxyl groups excluding tert-OH is 1. The molecule has 0 saturated heterocycles. The second-order valence-corrected chi connectivity index (χ2v) is 5.15. The molecule has 1 saturated carbocycles. The van der Waals surface area contributed by atoms with E-state index in [4.69, 9.17) is 5.11 Å². The normalized spacial score (nSPS) is 23.2. The summed E-state index contributed by atoms with van der Waals surface area (Å²) in [6, 6.07) is 5.18. The van der Waals surface area contributed by atoms with Crippen LogP contribution in [0.1, 0.15) is 18.4 Å². The van der Waals surface area contributed by atoms with Gasteiger partial charge in [0.05, 0.1) is 11.0 Å². The molecule has 2 rings (SSSR count). The van der Waals surface area contributed by atoms with E-state index in [9.17, 15) is 10.1 Å². The van der Waals surface area contributed by atoms with E-state index in [0.29, 0.717) is 12.1 Å². The molecule has 0 radical (unpaired) electrons. The van der Waals surface area contributed by atoms with Crippen LogP contribution in [0.15, 0.2) is 22.7 Å². The first-order valence-corrected chi connectivity index (χ1v) is 6.20. The van der Waals surface area contributed by atoms with Crippen LogP contribution in [0, 0.1) is 10.1 Å². The summed E-state index contributed by atoms with van der Waals surface area (Å²) in [7, 11) is 0. The Morgan fingerprint density at radius 3 is 2.82 bits per heavy atom. The molecule has 1 aliphatic carbocycles. The van der Waals surface area contributed by atoms with Crippen molar-refractivity contribution in [1.29, 1.82) is 0 Å². The summed E-state index contributed by atoms with van der Waals surface area (Å²) < 4.78 is 0.827. The zero-order valence-corrected chi connectivity index (χ0v) is 10.7. The van der Waals surface area contributed by atoms with E-state index in [-0.39, 0.29) is 22.8 Å². The lowest BCUT2D eigenvalue weighted by atomic mass is 9.89.